The van der Waals surface area contributed by atoms with Crippen molar-refractivity contribution >= 4 is 5.91 Å². The van der Waals surface area contributed by atoms with E-state index >= 15 is 0 Å². The van der Waals surface area contributed by atoms with Crippen molar-refractivity contribution in [2.75, 3.05) is 0 Å². The maximum Gasteiger partial charge on any atom is 0.217 e. The van der Waals surface area contributed by atoms with Crippen molar-refractivity contribution in [3.63, 3.8) is 0 Å². The number of hydrogen-bond donors (Lipinski definition) is 2. The van der Waals surface area contributed by atoms with Crippen molar-refractivity contribution in [3.8, 4) is 5.75 Å². The van der Waals surface area contributed by atoms with Gasteiger partial charge in [0, 0.05) is 6.42 Å². The Balaban J connectivity index is 2.90. The largest absolute Gasteiger partial charge is 0.508 e. The van der Waals surface area contributed by atoms with E-state index in [1.807, 2.05) is 19.1 Å². The molecule has 1 amide bonds. The summed E-state index contributed by atoms with van der Waals surface area (Å²) in [4.78, 5) is 10.8. The molecule has 0 aliphatic carbocycles. The predicted octanol–water partition coefficient (Wildman–Crippen LogP) is 2.46. The standard InChI is InChI=1S/C14H21NO2/c1-3-4-5-11-9-13(16)10(2)8-12(11)6-7-14(15)17/h8-9,16H,3-7H2,1-2H3,(H2,15,17). The number of primary amides is 1. The summed E-state index contributed by atoms with van der Waals surface area (Å²) in [5.41, 5.74) is 8.29. The summed E-state index contributed by atoms with van der Waals surface area (Å²) in [5, 5.41) is 9.71. The average molecular weight is 235 g/mol. The number of rotatable bonds is 6. The second kappa shape index (κ2) is 6.28. The van der Waals surface area contributed by atoms with E-state index in [0.717, 1.165) is 36.0 Å². The van der Waals surface area contributed by atoms with Crippen molar-refractivity contribution in [1.82, 2.24) is 0 Å². The first-order valence-electron chi connectivity index (χ1n) is 6.14. The molecule has 0 fully saturated rings. The van der Waals surface area contributed by atoms with E-state index in [1.54, 1.807) is 0 Å². The third-order valence-electron chi connectivity index (χ3n) is 2.96. The lowest BCUT2D eigenvalue weighted by Crippen LogP contribution is -2.12. The normalized spacial score (nSPS) is 10.5. The van der Waals surface area contributed by atoms with Gasteiger partial charge in [0.2, 0.25) is 5.91 Å². The number of carbonyl (C=O) groups is 1. The van der Waals surface area contributed by atoms with Crippen LogP contribution in [0.3, 0.4) is 0 Å². The van der Waals surface area contributed by atoms with E-state index in [-0.39, 0.29) is 5.91 Å². The van der Waals surface area contributed by atoms with Gasteiger partial charge in [-0.3, -0.25) is 4.79 Å². The van der Waals surface area contributed by atoms with Gasteiger partial charge in [0.25, 0.3) is 0 Å². The lowest BCUT2D eigenvalue weighted by atomic mass is 9.96. The fourth-order valence-corrected chi connectivity index (χ4v) is 1.89. The Labute approximate surface area is 103 Å². The molecule has 0 aromatic heterocycles. The molecule has 3 N–H and O–H groups in total. The number of carbonyl (C=O) groups excluding carboxylic acids is 1. The van der Waals surface area contributed by atoms with E-state index in [2.05, 4.69) is 6.92 Å². The zero-order valence-electron chi connectivity index (χ0n) is 10.6. The molecule has 1 aromatic carbocycles. The van der Waals surface area contributed by atoms with E-state index < -0.39 is 0 Å². The molecule has 0 saturated heterocycles. The zero-order valence-corrected chi connectivity index (χ0v) is 10.6. The summed E-state index contributed by atoms with van der Waals surface area (Å²) in [5.74, 6) is 0.0519. The first-order valence-corrected chi connectivity index (χ1v) is 6.14. The van der Waals surface area contributed by atoms with Crippen LogP contribution < -0.4 is 5.73 Å². The lowest BCUT2D eigenvalue weighted by Gasteiger charge is -2.11. The predicted molar refractivity (Wildman–Crippen MR) is 69.0 cm³/mol. The molecule has 0 saturated carbocycles. The topological polar surface area (TPSA) is 63.3 Å². The first kappa shape index (κ1) is 13.6. The molecule has 1 rings (SSSR count). The number of unbranched alkanes of at least 4 members (excludes halogenated alkanes) is 1. The highest BCUT2D eigenvalue weighted by Crippen LogP contribution is 2.24. The Kier molecular flexibility index (Phi) is 5.01. The third-order valence-corrected chi connectivity index (χ3v) is 2.96. The molecule has 0 aliphatic heterocycles. The Morgan fingerprint density at radius 2 is 1.94 bits per heavy atom. The van der Waals surface area contributed by atoms with Gasteiger partial charge in [-0.2, -0.15) is 0 Å². The molecule has 0 atom stereocenters. The number of aryl methyl sites for hydroxylation is 3. The molecule has 94 valence electrons. The van der Waals surface area contributed by atoms with Gasteiger partial charge in [-0.15, -0.1) is 0 Å². The number of amides is 1. The Hall–Kier alpha value is -1.51. The first-order chi connectivity index (χ1) is 8.04. The maximum absolute atomic E-state index is 10.8. The van der Waals surface area contributed by atoms with Crippen LogP contribution in [0.4, 0.5) is 0 Å². The lowest BCUT2D eigenvalue weighted by molar-refractivity contribution is -0.117. The van der Waals surface area contributed by atoms with Crippen LogP contribution in [-0.4, -0.2) is 11.0 Å². The van der Waals surface area contributed by atoms with Crippen LogP contribution in [0.25, 0.3) is 0 Å². The summed E-state index contributed by atoms with van der Waals surface area (Å²) in [6, 6.07) is 3.78. The van der Waals surface area contributed by atoms with Gasteiger partial charge in [0.15, 0.2) is 0 Å². The minimum absolute atomic E-state index is 0.280. The number of phenols is 1. The molecule has 1 aromatic rings. The summed E-state index contributed by atoms with van der Waals surface area (Å²) >= 11 is 0. The number of phenolic OH excluding ortho intramolecular Hbond substituents is 1. The summed E-state index contributed by atoms with van der Waals surface area (Å²) in [6.07, 6.45) is 4.17. The van der Waals surface area contributed by atoms with E-state index in [1.165, 1.54) is 0 Å². The average Bonchev–Trinajstić information content (AvgIpc) is 2.28. The van der Waals surface area contributed by atoms with Gasteiger partial charge in [-0.05, 0) is 48.9 Å². The van der Waals surface area contributed by atoms with Crippen molar-refractivity contribution in [2.24, 2.45) is 5.73 Å². The highest BCUT2D eigenvalue weighted by atomic mass is 16.3. The third kappa shape index (κ3) is 4.10. The van der Waals surface area contributed by atoms with Gasteiger partial charge in [-0.25, -0.2) is 0 Å². The molecule has 0 radical (unpaired) electrons. The van der Waals surface area contributed by atoms with E-state index in [0.29, 0.717) is 18.6 Å². The number of hydrogen-bond acceptors (Lipinski definition) is 2. The minimum Gasteiger partial charge on any atom is -0.508 e. The monoisotopic (exact) mass is 235 g/mol. The molecular weight excluding hydrogens is 214 g/mol. The summed E-state index contributed by atoms with van der Waals surface area (Å²) in [6.45, 7) is 4.00. The zero-order chi connectivity index (χ0) is 12.8. The number of aromatic hydroxyl groups is 1. The molecule has 3 heteroatoms. The van der Waals surface area contributed by atoms with Crippen LogP contribution in [0.5, 0.6) is 5.75 Å². The fraction of sp³-hybridized carbons (Fsp3) is 0.500. The molecule has 0 unspecified atom stereocenters. The highest BCUT2D eigenvalue weighted by Gasteiger charge is 2.08. The van der Waals surface area contributed by atoms with Crippen LogP contribution >= 0.6 is 0 Å². The quantitative estimate of drug-likeness (QED) is 0.795. The van der Waals surface area contributed by atoms with Gasteiger partial charge < -0.3 is 10.8 Å². The summed E-state index contributed by atoms with van der Waals surface area (Å²) < 4.78 is 0. The van der Waals surface area contributed by atoms with Gasteiger partial charge in [0.1, 0.15) is 5.75 Å². The Morgan fingerprint density at radius 1 is 1.29 bits per heavy atom. The highest BCUT2D eigenvalue weighted by molar-refractivity contribution is 5.74. The maximum atomic E-state index is 10.8. The number of nitrogens with two attached hydrogens (primary N) is 1. The number of benzene rings is 1. The van der Waals surface area contributed by atoms with Crippen LogP contribution in [-0.2, 0) is 17.6 Å². The molecule has 3 nitrogen and oxygen atoms in total. The second-order valence-electron chi connectivity index (χ2n) is 4.48. The van der Waals surface area contributed by atoms with E-state index in [4.69, 9.17) is 5.73 Å². The molecule has 0 bridgehead atoms. The SMILES string of the molecule is CCCCc1cc(O)c(C)cc1CCC(N)=O. The Bertz CT molecular complexity index is 399. The van der Waals surface area contributed by atoms with Gasteiger partial charge in [0.05, 0.1) is 0 Å². The van der Waals surface area contributed by atoms with Crippen molar-refractivity contribution in [3.05, 3.63) is 28.8 Å². The van der Waals surface area contributed by atoms with Crippen LogP contribution in [0.15, 0.2) is 12.1 Å². The molecular formula is C14H21NO2. The molecule has 0 heterocycles. The van der Waals surface area contributed by atoms with Crippen LogP contribution in [0.1, 0.15) is 42.9 Å². The van der Waals surface area contributed by atoms with Crippen molar-refractivity contribution < 1.29 is 9.90 Å². The molecule has 0 spiro atoms. The van der Waals surface area contributed by atoms with Crippen molar-refractivity contribution in [2.45, 2.75) is 46.0 Å². The van der Waals surface area contributed by atoms with Gasteiger partial charge in [-0.1, -0.05) is 19.4 Å². The van der Waals surface area contributed by atoms with Crippen molar-refractivity contribution in [1.29, 1.82) is 0 Å². The Morgan fingerprint density at radius 3 is 2.53 bits per heavy atom. The fourth-order valence-electron chi connectivity index (χ4n) is 1.89. The minimum atomic E-state index is -0.280. The van der Waals surface area contributed by atoms with E-state index in [9.17, 15) is 9.90 Å². The van der Waals surface area contributed by atoms with Crippen LogP contribution in [0, 0.1) is 6.92 Å². The molecule has 17 heavy (non-hydrogen) atoms. The molecule has 0 aliphatic rings. The van der Waals surface area contributed by atoms with Gasteiger partial charge >= 0.3 is 0 Å². The van der Waals surface area contributed by atoms with Crippen LogP contribution in [0.2, 0.25) is 0 Å². The smallest absolute Gasteiger partial charge is 0.217 e. The second-order valence-corrected chi connectivity index (χ2v) is 4.48. The summed E-state index contributed by atoms with van der Waals surface area (Å²) in [7, 11) is 0.